The second-order valence-electron chi connectivity index (χ2n) is 7.76. The van der Waals surface area contributed by atoms with E-state index < -0.39 is 0 Å². The number of nitrogens with zero attached hydrogens (tertiary/aromatic N) is 5. The fraction of sp³-hybridized carbons (Fsp3) is 0.318. The van der Waals surface area contributed by atoms with Crippen molar-refractivity contribution in [3.8, 4) is 0 Å². The molecule has 4 aromatic rings. The Hall–Kier alpha value is -3.10. The molecule has 8 nitrogen and oxygen atoms in total. The Balaban J connectivity index is 1.66. The van der Waals surface area contributed by atoms with Gasteiger partial charge >= 0.3 is 0 Å². The van der Waals surface area contributed by atoms with Crippen LogP contribution in [0.1, 0.15) is 31.1 Å². The number of anilines is 1. The van der Waals surface area contributed by atoms with Crippen molar-refractivity contribution >= 4 is 39.4 Å². The van der Waals surface area contributed by atoms with Gasteiger partial charge in [-0.2, -0.15) is 0 Å². The summed E-state index contributed by atoms with van der Waals surface area (Å²) in [5, 5.41) is 4.37. The molecule has 1 aliphatic carbocycles. The third-order valence-corrected chi connectivity index (χ3v) is 5.92. The van der Waals surface area contributed by atoms with Gasteiger partial charge in [-0.25, -0.2) is 15.0 Å². The maximum absolute atomic E-state index is 13.4. The lowest BCUT2D eigenvalue weighted by atomic mass is 10.1. The molecule has 1 saturated carbocycles. The van der Waals surface area contributed by atoms with E-state index >= 15 is 0 Å². The van der Waals surface area contributed by atoms with Crippen molar-refractivity contribution in [1.82, 2.24) is 24.5 Å². The molecule has 0 saturated heterocycles. The highest BCUT2D eigenvalue weighted by atomic mass is 35.5. The minimum absolute atomic E-state index is 0.142. The number of fused-ring (bicyclic) bond motifs is 2. The second kappa shape index (κ2) is 8.20. The molecular weight excluding hydrogens is 414 g/mol. The Bertz CT molecular complexity index is 1310. The average molecular weight is 436 g/mol. The Labute approximate surface area is 183 Å². The SMILES string of the molecule is NCCCn1c([C@@H](Nc2ncnc3cccnc23)C2CC2)nc2cccc(Cl)c2c1=O. The van der Waals surface area contributed by atoms with Crippen LogP contribution in [0.3, 0.4) is 0 Å². The number of halogens is 1. The summed E-state index contributed by atoms with van der Waals surface area (Å²) in [6.45, 7) is 0.959. The average Bonchev–Trinajstić information content (AvgIpc) is 3.62. The molecule has 0 bridgehead atoms. The molecular formula is C22H22ClN7O. The van der Waals surface area contributed by atoms with E-state index in [2.05, 4.69) is 20.3 Å². The van der Waals surface area contributed by atoms with E-state index in [0.717, 1.165) is 18.4 Å². The van der Waals surface area contributed by atoms with Crippen LogP contribution < -0.4 is 16.6 Å². The molecule has 3 heterocycles. The first-order chi connectivity index (χ1) is 15.2. The minimum atomic E-state index is -0.186. The van der Waals surface area contributed by atoms with Gasteiger partial charge in [0.1, 0.15) is 17.7 Å². The van der Waals surface area contributed by atoms with E-state index in [9.17, 15) is 4.79 Å². The van der Waals surface area contributed by atoms with Crippen LogP contribution in [0.5, 0.6) is 0 Å². The molecule has 1 aliphatic rings. The molecule has 1 fully saturated rings. The van der Waals surface area contributed by atoms with E-state index in [1.165, 1.54) is 6.33 Å². The highest BCUT2D eigenvalue weighted by Crippen LogP contribution is 2.42. The van der Waals surface area contributed by atoms with E-state index in [1.54, 1.807) is 16.8 Å². The smallest absolute Gasteiger partial charge is 0.262 e. The Morgan fingerprint density at radius 3 is 2.81 bits per heavy atom. The molecule has 0 spiro atoms. The summed E-state index contributed by atoms with van der Waals surface area (Å²) >= 11 is 6.35. The van der Waals surface area contributed by atoms with Crippen LogP contribution in [-0.2, 0) is 6.54 Å². The number of aromatic nitrogens is 5. The minimum Gasteiger partial charge on any atom is -0.358 e. The summed E-state index contributed by atoms with van der Waals surface area (Å²) in [5.41, 5.74) is 7.65. The van der Waals surface area contributed by atoms with Gasteiger partial charge in [-0.1, -0.05) is 17.7 Å². The molecule has 1 aromatic carbocycles. The van der Waals surface area contributed by atoms with Crippen LogP contribution in [0.4, 0.5) is 5.82 Å². The van der Waals surface area contributed by atoms with Crippen molar-refractivity contribution in [2.24, 2.45) is 11.7 Å². The third kappa shape index (κ3) is 3.73. The van der Waals surface area contributed by atoms with Crippen molar-refractivity contribution < 1.29 is 0 Å². The number of benzene rings is 1. The van der Waals surface area contributed by atoms with Crippen molar-refractivity contribution in [3.05, 3.63) is 64.1 Å². The van der Waals surface area contributed by atoms with Crippen LogP contribution in [0, 0.1) is 5.92 Å². The van der Waals surface area contributed by atoms with Crippen molar-refractivity contribution in [3.63, 3.8) is 0 Å². The van der Waals surface area contributed by atoms with Gasteiger partial charge < -0.3 is 11.1 Å². The molecule has 9 heteroatoms. The fourth-order valence-corrected chi connectivity index (χ4v) is 4.16. The molecule has 1 atom stereocenters. The maximum atomic E-state index is 13.4. The number of hydrogen-bond donors (Lipinski definition) is 2. The lowest BCUT2D eigenvalue weighted by Crippen LogP contribution is -2.31. The molecule has 3 aromatic heterocycles. The van der Waals surface area contributed by atoms with Gasteiger partial charge in [-0.3, -0.25) is 14.3 Å². The normalized spacial score (nSPS) is 14.8. The van der Waals surface area contributed by atoms with Crippen molar-refractivity contribution in [2.45, 2.75) is 31.8 Å². The number of hydrogen-bond acceptors (Lipinski definition) is 7. The van der Waals surface area contributed by atoms with Gasteiger partial charge in [0.25, 0.3) is 5.56 Å². The van der Waals surface area contributed by atoms with Gasteiger partial charge in [0.15, 0.2) is 5.82 Å². The van der Waals surface area contributed by atoms with Crippen LogP contribution >= 0.6 is 11.6 Å². The topological polar surface area (TPSA) is 112 Å². The highest BCUT2D eigenvalue weighted by molar-refractivity contribution is 6.35. The Kier molecular flexibility index (Phi) is 5.25. The van der Waals surface area contributed by atoms with E-state index in [-0.39, 0.29) is 11.6 Å². The van der Waals surface area contributed by atoms with Gasteiger partial charge in [0.2, 0.25) is 0 Å². The summed E-state index contributed by atoms with van der Waals surface area (Å²) in [7, 11) is 0. The molecule has 0 unspecified atom stereocenters. The van der Waals surface area contributed by atoms with E-state index in [4.69, 9.17) is 22.3 Å². The number of nitrogens with one attached hydrogen (secondary N) is 1. The van der Waals surface area contributed by atoms with Gasteiger partial charge in [-0.05, 0) is 56.0 Å². The molecule has 0 radical (unpaired) electrons. The molecule has 5 rings (SSSR count). The maximum Gasteiger partial charge on any atom is 0.262 e. The van der Waals surface area contributed by atoms with Crippen LogP contribution in [-0.4, -0.2) is 31.0 Å². The zero-order chi connectivity index (χ0) is 21.4. The first-order valence-corrected chi connectivity index (χ1v) is 10.8. The number of pyridine rings is 1. The summed E-state index contributed by atoms with van der Waals surface area (Å²) in [6, 6.07) is 8.91. The Morgan fingerprint density at radius 2 is 2.00 bits per heavy atom. The van der Waals surface area contributed by atoms with Gasteiger partial charge in [-0.15, -0.1) is 0 Å². The van der Waals surface area contributed by atoms with Crippen LogP contribution in [0.25, 0.3) is 21.9 Å². The summed E-state index contributed by atoms with van der Waals surface area (Å²) in [4.78, 5) is 31.5. The molecule has 3 N–H and O–H groups in total. The Morgan fingerprint density at radius 1 is 1.16 bits per heavy atom. The standard InChI is InChI=1S/C22H22ClN7O/c23-14-4-1-5-15-17(14)22(31)30(11-3-9-24)21(28-15)18(13-7-8-13)29-20-19-16(26-12-27-20)6-2-10-25-19/h1-2,4-6,10,12-13,18H,3,7-9,11,24H2,(H,26,27,29)/t18-/m0/s1. The quantitative estimate of drug-likeness (QED) is 0.458. The predicted molar refractivity (Wildman–Crippen MR) is 121 cm³/mol. The van der Waals surface area contributed by atoms with Gasteiger partial charge in [0.05, 0.1) is 27.5 Å². The van der Waals surface area contributed by atoms with Crippen molar-refractivity contribution in [2.75, 3.05) is 11.9 Å². The van der Waals surface area contributed by atoms with Crippen LogP contribution in [0.2, 0.25) is 5.02 Å². The van der Waals surface area contributed by atoms with E-state index in [1.807, 2.05) is 24.3 Å². The largest absolute Gasteiger partial charge is 0.358 e. The van der Waals surface area contributed by atoms with Gasteiger partial charge in [0, 0.05) is 12.7 Å². The van der Waals surface area contributed by atoms with E-state index in [0.29, 0.717) is 58.5 Å². The number of rotatable bonds is 7. The predicted octanol–water partition coefficient (Wildman–Crippen LogP) is 3.30. The molecule has 0 aliphatic heterocycles. The zero-order valence-corrected chi connectivity index (χ0v) is 17.6. The molecule has 31 heavy (non-hydrogen) atoms. The summed E-state index contributed by atoms with van der Waals surface area (Å²) < 4.78 is 1.72. The third-order valence-electron chi connectivity index (χ3n) is 5.61. The first-order valence-electron chi connectivity index (χ1n) is 10.4. The summed E-state index contributed by atoms with van der Waals surface area (Å²) in [6.07, 6.45) is 6.00. The monoisotopic (exact) mass is 435 g/mol. The van der Waals surface area contributed by atoms with Crippen molar-refractivity contribution in [1.29, 1.82) is 0 Å². The number of nitrogens with two attached hydrogens (primary N) is 1. The molecule has 158 valence electrons. The highest BCUT2D eigenvalue weighted by Gasteiger charge is 2.36. The molecule has 0 amide bonds. The second-order valence-corrected chi connectivity index (χ2v) is 8.16. The zero-order valence-electron chi connectivity index (χ0n) is 16.8. The summed E-state index contributed by atoms with van der Waals surface area (Å²) in [5.74, 6) is 1.66. The fourth-order valence-electron chi connectivity index (χ4n) is 3.91. The lowest BCUT2D eigenvalue weighted by molar-refractivity contribution is 0.531. The first kappa shape index (κ1) is 19.8. The van der Waals surface area contributed by atoms with Crippen LogP contribution in [0.15, 0.2) is 47.7 Å². The lowest BCUT2D eigenvalue weighted by Gasteiger charge is -2.23.